The first kappa shape index (κ1) is 11.7. The minimum atomic E-state index is 0.941. The van der Waals surface area contributed by atoms with Crippen LogP contribution in [0.2, 0.25) is 0 Å². The molecule has 0 saturated heterocycles. The zero-order chi connectivity index (χ0) is 13.4. The van der Waals surface area contributed by atoms with Crippen molar-refractivity contribution < 1.29 is 0 Å². The SMILES string of the molecule is C=C/C=c1\c(=C/C)c2nnn(C)c2c2ccccc12. The van der Waals surface area contributed by atoms with Crippen LogP contribution < -0.4 is 10.4 Å². The summed E-state index contributed by atoms with van der Waals surface area (Å²) in [5.41, 5.74) is 2.02. The maximum atomic E-state index is 4.31. The second-order valence-electron chi connectivity index (χ2n) is 4.47. The topological polar surface area (TPSA) is 30.7 Å². The normalized spacial score (nSPS) is 13.6. The molecular weight excluding hydrogens is 234 g/mol. The van der Waals surface area contributed by atoms with Gasteiger partial charge in [0.25, 0.3) is 0 Å². The summed E-state index contributed by atoms with van der Waals surface area (Å²) in [7, 11) is 1.93. The fourth-order valence-corrected chi connectivity index (χ4v) is 2.63. The number of nitrogens with zero attached hydrogens (tertiary/aromatic N) is 3. The van der Waals surface area contributed by atoms with E-state index in [9.17, 15) is 0 Å². The summed E-state index contributed by atoms with van der Waals surface area (Å²) in [4.78, 5) is 0. The molecule has 0 aliphatic rings. The maximum Gasteiger partial charge on any atom is 0.121 e. The van der Waals surface area contributed by atoms with Gasteiger partial charge in [0.1, 0.15) is 5.52 Å². The van der Waals surface area contributed by atoms with Crippen LogP contribution in [0.5, 0.6) is 0 Å². The van der Waals surface area contributed by atoms with E-state index < -0.39 is 0 Å². The van der Waals surface area contributed by atoms with Crippen LogP contribution in [-0.4, -0.2) is 15.0 Å². The minimum Gasteiger partial charge on any atom is -0.247 e. The van der Waals surface area contributed by atoms with E-state index in [1.807, 2.05) is 36.9 Å². The van der Waals surface area contributed by atoms with E-state index in [1.165, 1.54) is 10.8 Å². The molecule has 2 aromatic carbocycles. The Morgan fingerprint density at radius 1 is 1.16 bits per heavy atom. The molecule has 1 heterocycles. The fraction of sp³-hybridized carbons (Fsp3) is 0.125. The van der Waals surface area contributed by atoms with Gasteiger partial charge in [-0.15, -0.1) is 5.10 Å². The molecule has 1 aromatic heterocycles. The van der Waals surface area contributed by atoms with Crippen LogP contribution in [0.25, 0.3) is 34.0 Å². The number of hydrogen-bond acceptors (Lipinski definition) is 2. The van der Waals surface area contributed by atoms with Crippen LogP contribution in [0.15, 0.2) is 36.9 Å². The van der Waals surface area contributed by atoms with Gasteiger partial charge in [-0.25, -0.2) is 4.68 Å². The van der Waals surface area contributed by atoms with Crippen molar-refractivity contribution in [1.82, 2.24) is 15.0 Å². The molecule has 0 amide bonds. The zero-order valence-electron chi connectivity index (χ0n) is 11.1. The quantitative estimate of drug-likeness (QED) is 0.659. The van der Waals surface area contributed by atoms with Crippen LogP contribution in [0.1, 0.15) is 6.92 Å². The van der Waals surface area contributed by atoms with Crippen molar-refractivity contribution in [2.45, 2.75) is 6.92 Å². The van der Waals surface area contributed by atoms with E-state index in [0.717, 1.165) is 21.5 Å². The van der Waals surface area contributed by atoms with Crippen LogP contribution in [0, 0.1) is 0 Å². The van der Waals surface area contributed by atoms with Crippen LogP contribution in [-0.2, 0) is 7.05 Å². The summed E-state index contributed by atoms with van der Waals surface area (Å²) in [5.74, 6) is 0. The molecule has 94 valence electrons. The molecule has 3 aromatic rings. The van der Waals surface area contributed by atoms with Crippen molar-refractivity contribution in [3.05, 3.63) is 47.4 Å². The third-order valence-corrected chi connectivity index (χ3v) is 3.42. The molecule has 19 heavy (non-hydrogen) atoms. The standard InChI is InChI=1S/C16H15N3/c1-4-8-12-11(5-2)15-16(19(3)18-17-15)14-10-7-6-9-13(12)14/h4-10H,1H2,2-3H3/b11-5+,12-8+. The molecule has 0 aliphatic heterocycles. The Morgan fingerprint density at radius 3 is 2.58 bits per heavy atom. The predicted octanol–water partition coefficient (Wildman–Crippen LogP) is 1.89. The number of aryl methyl sites for hydroxylation is 1. The number of allylic oxidation sites excluding steroid dienone is 1. The number of fused-ring (bicyclic) bond motifs is 3. The molecule has 0 spiro atoms. The summed E-state index contributed by atoms with van der Waals surface area (Å²) < 4.78 is 1.84. The molecule has 0 unspecified atom stereocenters. The fourth-order valence-electron chi connectivity index (χ4n) is 2.63. The summed E-state index contributed by atoms with van der Waals surface area (Å²) in [6.07, 6.45) is 5.93. The number of benzene rings is 2. The van der Waals surface area contributed by atoms with Gasteiger partial charge in [-0.05, 0) is 17.5 Å². The molecule has 0 N–H and O–H groups in total. The maximum absolute atomic E-state index is 4.31. The molecule has 0 aliphatic carbocycles. The molecule has 0 atom stereocenters. The van der Waals surface area contributed by atoms with Gasteiger partial charge in [0.15, 0.2) is 0 Å². The molecule has 0 radical (unpaired) electrons. The van der Waals surface area contributed by atoms with E-state index in [-0.39, 0.29) is 0 Å². The summed E-state index contributed by atoms with van der Waals surface area (Å²) in [5, 5.41) is 13.1. The Balaban J connectivity index is 2.81. The van der Waals surface area contributed by atoms with Gasteiger partial charge in [0.05, 0.1) is 5.52 Å². The monoisotopic (exact) mass is 249 g/mol. The Bertz CT molecular complexity index is 901. The largest absolute Gasteiger partial charge is 0.247 e. The van der Waals surface area contributed by atoms with Crippen molar-refractivity contribution in [3.63, 3.8) is 0 Å². The third-order valence-electron chi connectivity index (χ3n) is 3.42. The van der Waals surface area contributed by atoms with Crippen molar-refractivity contribution in [3.8, 4) is 0 Å². The average molecular weight is 249 g/mol. The molecule has 3 heteroatoms. The Kier molecular flexibility index (Phi) is 2.67. The van der Waals surface area contributed by atoms with E-state index in [4.69, 9.17) is 0 Å². The Hall–Kier alpha value is -2.42. The van der Waals surface area contributed by atoms with Crippen molar-refractivity contribution in [2.75, 3.05) is 0 Å². The lowest BCUT2D eigenvalue weighted by molar-refractivity contribution is 0.738. The van der Waals surface area contributed by atoms with Crippen LogP contribution in [0.3, 0.4) is 0 Å². The van der Waals surface area contributed by atoms with Gasteiger partial charge in [-0.2, -0.15) is 0 Å². The lowest BCUT2D eigenvalue weighted by Gasteiger charge is -2.03. The summed E-state index contributed by atoms with van der Waals surface area (Å²) in [6.45, 7) is 5.84. The van der Waals surface area contributed by atoms with Gasteiger partial charge < -0.3 is 0 Å². The molecule has 0 bridgehead atoms. The lowest BCUT2D eigenvalue weighted by Crippen LogP contribution is -2.26. The summed E-state index contributed by atoms with van der Waals surface area (Å²) in [6, 6.07) is 8.34. The second kappa shape index (κ2) is 4.35. The van der Waals surface area contributed by atoms with Crippen molar-refractivity contribution >= 4 is 34.0 Å². The second-order valence-corrected chi connectivity index (χ2v) is 4.47. The molecule has 3 nitrogen and oxygen atoms in total. The van der Waals surface area contributed by atoms with Crippen LogP contribution in [0.4, 0.5) is 0 Å². The highest BCUT2D eigenvalue weighted by Gasteiger charge is 2.09. The van der Waals surface area contributed by atoms with Crippen molar-refractivity contribution in [2.24, 2.45) is 7.05 Å². The Morgan fingerprint density at radius 2 is 1.89 bits per heavy atom. The van der Waals surface area contributed by atoms with E-state index in [1.54, 1.807) is 0 Å². The van der Waals surface area contributed by atoms with Gasteiger partial charge >= 0.3 is 0 Å². The number of hydrogen-bond donors (Lipinski definition) is 0. The van der Waals surface area contributed by atoms with Crippen molar-refractivity contribution in [1.29, 1.82) is 0 Å². The van der Waals surface area contributed by atoms with Gasteiger partial charge in [-0.1, -0.05) is 54.3 Å². The van der Waals surface area contributed by atoms with Gasteiger partial charge in [0, 0.05) is 17.7 Å². The smallest absolute Gasteiger partial charge is 0.121 e. The molecule has 0 saturated carbocycles. The van der Waals surface area contributed by atoms with E-state index >= 15 is 0 Å². The highest BCUT2D eigenvalue weighted by atomic mass is 15.4. The first-order chi connectivity index (χ1) is 9.27. The highest BCUT2D eigenvalue weighted by molar-refractivity contribution is 6.04. The number of rotatable bonds is 1. The van der Waals surface area contributed by atoms with Gasteiger partial charge in [-0.3, -0.25) is 0 Å². The van der Waals surface area contributed by atoms with Crippen LogP contribution >= 0.6 is 0 Å². The Labute approximate surface area is 111 Å². The van der Waals surface area contributed by atoms with Gasteiger partial charge in [0.2, 0.25) is 0 Å². The first-order valence-corrected chi connectivity index (χ1v) is 6.27. The molecule has 3 rings (SSSR count). The first-order valence-electron chi connectivity index (χ1n) is 6.27. The van der Waals surface area contributed by atoms with E-state index in [2.05, 4.69) is 41.2 Å². The lowest BCUT2D eigenvalue weighted by atomic mass is 10.0. The molecular formula is C16H15N3. The van der Waals surface area contributed by atoms with E-state index in [0.29, 0.717) is 0 Å². The number of aromatic nitrogens is 3. The third kappa shape index (κ3) is 1.58. The average Bonchev–Trinajstić information content (AvgIpc) is 2.82. The highest BCUT2D eigenvalue weighted by Crippen LogP contribution is 2.17. The summed E-state index contributed by atoms with van der Waals surface area (Å²) >= 11 is 0. The zero-order valence-corrected chi connectivity index (χ0v) is 11.1. The predicted molar refractivity (Wildman–Crippen MR) is 80.1 cm³/mol. The molecule has 0 fully saturated rings. The minimum absolute atomic E-state index is 0.941.